The SMILES string of the molecule is CC1(C)Cc2c(-c3cc(NC(=O)[C@H]4CCC[C@@H](CC(=O)C5(O)CC5)C4)ncc3F)cnn2C1. The molecule has 2 atom stereocenters. The fourth-order valence-corrected chi connectivity index (χ4v) is 5.38. The van der Waals surface area contributed by atoms with Crippen molar-refractivity contribution in [1.82, 2.24) is 14.8 Å². The summed E-state index contributed by atoms with van der Waals surface area (Å²) in [5.74, 6) is -0.468. The zero-order valence-electron chi connectivity index (χ0n) is 19.2. The van der Waals surface area contributed by atoms with Crippen LogP contribution in [-0.4, -0.2) is 37.2 Å². The number of halogens is 1. The Kier molecular flexibility index (Phi) is 5.39. The van der Waals surface area contributed by atoms with E-state index in [-0.39, 0.29) is 28.9 Å². The number of carbonyl (C=O) groups is 2. The molecule has 2 aromatic rings. The zero-order valence-corrected chi connectivity index (χ0v) is 19.2. The van der Waals surface area contributed by atoms with Gasteiger partial charge in [0.15, 0.2) is 5.78 Å². The first-order valence-corrected chi connectivity index (χ1v) is 11.9. The summed E-state index contributed by atoms with van der Waals surface area (Å²) in [4.78, 5) is 29.3. The summed E-state index contributed by atoms with van der Waals surface area (Å²) in [7, 11) is 0. The van der Waals surface area contributed by atoms with E-state index in [4.69, 9.17) is 0 Å². The van der Waals surface area contributed by atoms with Gasteiger partial charge in [-0.3, -0.25) is 14.3 Å². The van der Waals surface area contributed by atoms with Crippen molar-refractivity contribution >= 4 is 17.5 Å². The Labute approximate surface area is 192 Å². The molecule has 0 radical (unpaired) electrons. The Bertz CT molecular complexity index is 1110. The number of ketones is 1. The predicted octanol–water partition coefficient (Wildman–Crippen LogP) is 3.90. The van der Waals surface area contributed by atoms with Gasteiger partial charge in [0, 0.05) is 35.7 Å². The van der Waals surface area contributed by atoms with Gasteiger partial charge in [0.05, 0.1) is 12.4 Å². The molecule has 0 bridgehead atoms. The average molecular weight is 455 g/mol. The van der Waals surface area contributed by atoms with Crippen molar-refractivity contribution in [1.29, 1.82) is 0 Å². The highest BCUT2D eigenvalue weighted by molar-refractivity contribution is 5.93. The van der Waals surface area contributed by atoms with E-state index < -0.39 is 11.4 Å². The number of fused-ring (bicyclic) bond motifs is 1. The maximum absolute atomic E-state index is 14.7. The Balaban J connectivity index is 1.27. The predicted molar refractivity (Wildman–Crippen MR) is 121 cm³/mol. The number of nitrogens with one attached hydrogen (secondary N) is 1. The van der Waals surface area contributed by atoms with Crippen molar-refractivity contribution in [2.45, 2.75) is 77.4 Å². The molecule has 1 aliphatic heterocycles. The Morgan fingerprint density at radius 2 is 2.03 bits per heavy atom. The minimum absolute atomic E-state index is 0.0764. The van der Waals surface area contributed by atoms with Crippen molar-refractivity contribution in [2.24, 2.45) is 17.3 Å². The van der Waals surface area contributed by atoms with Crippen molar-refractivity contribution < 1.29 is 19.1 Å². The van der Waals surface area contributed by atoms with E-state index >= 15 is 0 Å². The number of anilines is 1. The van der Waals surface area contributed by atoms with Gasteiger partial charge in [-0.25, -0.2) is 9.37 Å². The van der Waals surface area contributed by atoms with Gasteiger partial charge >= 0.3 is 0 Å². The van der Waals surface area contributed by atoms with E-state index in [1.165, 1.54) is 0 Å². The average Bonchev–Trinajstić information content (AvgIpc) is 3.30. The van der Waals surface area contributed by atoms with Gasteiger partial charge < -0.3 is 10.4 Å². The van der Waals surface area contributed by atoms with E-state index in [1.807, 2.05) is 4.68 Å². The number of aliphatic hydroxyl groups is 1. The number of hydrogen-bond donors (Lipinski definition) is 2. The summed E-state index contributed by atoms with van der Waals surface area (Å²) in [6.45, 7) is 5.12. The number of carbonyl (C=O) groups excluding carboxylic acids is 2. The van der Waals surface area contributed by atoms with Crippen LogP contribution in [0.4, 0.5) is 10.2 Å². The standard InChI is InChI=1S/C25H31FN4O3/c1-24(2)11-20-18(12-28-30(20)14-24)17-10-22(27-13-19(17)26)29-23(32)16-5-3-4-15(8-16)9-21(31)25(33)6-7-25/h10,12-13,15-16,33H,3-9,11,14H2,1-2H3,(H,27,29,32)/t15-,16+/m1/s1. The van der Waals surface area contributed by atoms with Gasteiger partial charge in [0.25, 0.3) is 0 Å². The summed E-state index contributed by atoms with van der Waals surface area (Å²) in [5, 5.41) is 17.3. The highest BCUT2D eigenvalue weighted by atomic mass is 19.1. The second-order valence-corrected chi connectivity index (χ2v) is 10.9. The van der Waals surface area contributed by atoms with Crippen LogP contribution in [0.1, 0.15) is 64.5 Å². The van der Waals surface area contributed by atoms with Gasteiger partial charge in [-0.05, 0) is 55.9 Å². The molecule has 8 heteroatoms. The first kappa shape index (κ1) is 22.2. The van der Waals surface area contributed by atoms with Crippen molar-refractivity contribution in [3.63, 3.8) is 0 Å². The number of nitrogens with zero attached hydrogens (tertiary/aromatic N) is 3. The molecule has 7 nitrogen and oxygen atoms in total. The number of hydrogen-bond acceptors (Lipinski definition) is 5. The molecule has 0 aromatic carbocycles. The summed E-state index contributed by atoms with van der Waals surface area (Å²) in [6.07, 6.45) is 8.22. The minimum atomic E-state index is -1.10. The maximum Gasteiger partial charge on any atom is 0.228 e. The lowest BCUT2D eigenvalue weighted by molar-refractivity contribution is -0.131. The molecular weight excluding hydrogens is 423 g/mol. The van der Waals surface area contributed by atoms with Gasteiger partial charge in [-0.15, -0.1) is 0 Å². The second kappa shape index (κ2) is 8.01. The number of amides is 1. The van der Waals surface area contributed by atoms with Crippen LogP contribution >= 0.6 is 0 Å². The molecule has 3 aliphatic rings. The lowest BCUT2D eigenvalue weighted by Crippen LogP contribution is -2.31. The van der Waals surface area contributed by atoms with Crippen LogP contribution < -0.4 is 5.32 Å². The van der Waals surface area contributed by atoms with Crippen molar-refractivity contribution in [3.05, 3.63) is 30.0 Å². The molecule has 0 saturated heterocycles. The summed E-state index contributed by atoms with van der Waals surface area (Å²) in [6, 6.07) is 1.59. The molecule has 3 heterocycles. The fraction of sp³-hybridized carbons (Fsp3) is 0.600. The van der Waals surface area contributed by atoms with Crippen LogP contribution in [0.5, 0.6) is 0 Å². The normalized spacial score (nSPS) is 24.8. The van der Waals surface area contributed by atoms with Crippen molar-refractivity contribution in [3.8, 4) is 11.1 Å². The Morgan fingerprint density at radius 1 is 1.24 bits per heavy atom. The first-order chi connectivity index (χ1) is 15.6. The molecule has 33 heavy (non-hydrogen) atoms. The lowest BCUT2D eigenvalue weighted by atomic mass is 9.78. The van der Waals surface area contributed by atoms with Crippen molar-refractivity contribution in [2.75, 3.05) is 5.32 Å². The smallest absolute Gasteiger partial charge is 0.228 e. The van der Waals surface area contributed by atoms with Gasteiger partial charge in [0.1, 0.15) is 17.2 Å². The minimum Gasteiger partial charge on any atom is -0.382 e. The molecule has 5 rings (SSSR count). The van der Waals surface area contributed by atoms with Gasteiger partial charge in [0.2, 0.25) is 5.91 Å². The molecule has 2 aromatic heterocycles. The van der Waals surface area contributed by atoms with Crippen LogP contribution in [-0.2, 0) is 22.6 Å². The molecule has 0 unspecified atom stereocenters. The monoisotopic (exact) mass is 454 g/mol. The van der Waals surface area contributed by atoms with Crippen LogP contribution in [0, 0.1) is 23.1 Å². The van der Waals surface area contributed by atoms with Crippen LogP contribution in [0.2, 0.25) is 0 Å². The number of aromatic nitrogens is 3. The molecule has 2 fully saturated rings. The Morgan fingerprint density at radius 3 is 2.79 bits per heavy atom. The van der Waals surface area contributed by atoms with E-state index in [1.54, 1.807) is 12.3 Å². The summed E-state index contributed by atoms with van der Waals surface area (Å²) >= 11 is 0. The van der Waals surface area contributed by atoms with E-state index in [2.05, 4.69) is 29.2 Å². The lowest BCUT2D eigenvalue weighted by Gasteiger charge is -2.28. The molecular formula is C25H31FN4O3. The highest BCUT2D eigenvalue weighted by Gasteiger charge is 2.48. The fourth-order valence-electron chi connectivity index (χ4n) is 5.38. The highest BCUT2D eigenvalue weighted by Crippen LogP contribution is 2.41. The van der Waals surface area contributed by atoms with Gasteiger partial charge in [-0.1, -0.05) is 20.3 Å². The maximum atomic E-state index is 14.7. The quantitative estimate of drug-likeness (QED) is 0.690. The first-order valence-electron chi connectivity index (χ1n) is 11.9. The van der Waals surface area contributed by atoms with E-state index in [9.17, 15) is 19.1 Å². The Hall–Kier alpha value is -2.61. The molecule has 2 saturated carbocycles. The summed E-state index contributed by atoms with van der Waals surface area (Å²) in [5.41, 5.74) is 1.11. The number of rotatable bonds is 6. The van der Waals surface area contributed by atoms with E-state index in [0.717, 1.165) is 49.7 Å². The molecule has 2 aliphatic carbocycles. The number of Topliss-reactive ketones (excluding diaryl/α,β-unsaturated/α-hetero) is 1. The molecule has 2 N–H and O–H groups in total. The third kappa shape index (κ3) is 4.45. The third-order valence-corrected chi connectivity index (χ3v) is 7.44. The van der Waals surface area contributed by atoms with Crippen LogP contribution in [0.3, 0.4) is 0 Å². The largest absolute Gasteiger partial charge is 0.382 e. The van der Waals surface area contributed by atoms with E-state index in [0.29, 0.717) is 37.1 Å². The second-order valence-electron chi connectivity index (χ2n) is 10.9. The van der Waals surface area contributed by atoms with Crippen LogP contribution in [0.25, 0.3) is 11.1 Å². The molecule has 1 amide bonds. The zero-order chi connectivity index (χ0) is 23.4. The molecule has 176 valence electrons. The van der Waals surface area contributed by atoms with Gasteiger partial charge in [-0.2, -0.15) is 5.10 Å². The third-order valence-electron chi connectivity index (χ3n) is 7.44. The number of pyridine rings is 1. The molecule has 0 spiro atoms. The van der Waals surface area contributed by atoms with Crippen LogP contribution in [0.15, 0.2) is 18.5 Å². The summed E-state index contributed by atoms with van der Waals surface area (Å²) < 4.78 is 16.6. The topological polar surface area (TPSA) is 97.1 Å².